The zero-order valence-electron chi connectivity index (χ0n) is 11.2. The summed E-state index contributed by atoms with van der Waals surface area (Å²) in [4.78, 5) is 24.4. The van der Waals surface area contributed by atoms with Gasteiger partial charge in [0.15, 0.2) is 0 Å². The van der Waals surface area contributed by atoms with Gasteiger partial charge in [0.2, 0.25) is 0 Å². The number of hydrogen-bond donors (Lipinski definition) is 2. The van der Waals surface area contributed by atoms with E-state index in [0.717, 1.165) is 6.42 Å². The molecule has 0 aromatic heterocycles. The quantitative estimate of drug-likeness (QED) is 0.892. The number of carbonyl (C=O) groups is 2. The van der Waals surface area contributed by atoms with Gasteiger partial charge < -0.3 is 10.4 Å². The van der Waals surface area contributed by atoms with Gasteiger partial charge in [0.05, 0.1) is 5.92 Å². The first kappa shape index (κ1) is 14.3. The van der Waals surface area contributed by atoms with E-state index < -0.39 is 23.7 Å². The number of hydrogen-bond acceptors (Lipinski definition) is 2. The van der Waals surface area contributed by atoms with Crippen LogP contribution in [0.25, 0.3) is 0 Å². The van der Waals surface area contributed by atoms with Crippen molar-refractivity contribution in [2.24, 2.45) is 5.92 Å². The average molecular weight is 280 g/mol. The average Bonchev–Trinajstić information content (AvgIpc) is 2.86. The minimum atomic E-state index is -0.888. The molecule has 20 heavy (non-hydrogen) atoms. The molecule has 1 aliphatic carbocycles. The summed E-state index contributed by atoms with van der Waals surface area (Å²) in [6, 6.07) is 4.90. The van der Waals surface area contributed by atoms with Crippen LogP contribution < -0.4 is 10.2 Å². The summed E-state index contributed by atoms with van der Waals surface area (Å²) in [5.74, 6) is -1.85. The highest BCUT2D eigenvalue weighted by molar-refractivity contribution is 5.92. The number of aliphatic carboxylic acids is 1. The summed E-state index contributed by atoms with van der Waals surface area (Å²) in [6.07, 6.45) is 2.01. The molecule has 0 bridgehead atoms. The Balaban J connectivity index is 2.03. The summed E-state index contributed by atoms with van der Waals surface area (Å²) >= 11 is 0. The Bertz CT molecular complexity index is 521. The molecular weight excluding hydrogens is 263 g/mol. The van der Waals surface area contributed by atoms with Gasteiger partial charge in [-0.25, -0.2) is 9.18 Å². The van der Waals surface area contributed by atoms with E-state index in [0.29, 0.717) is 18.5 Å². The van der Waals surface area contributed by atoms with Crippen LogP contribution in [0.3, 0.4) is 0 Å². The number of anilines is 1. The zero-order valence-corrected chi connectivity index (χ0v) is 11.2. The number of halogens is 1. The summed E-state index contributed by atoms with van der Waals surface area (Å²) < 4.78 is 13.1. The number of benzene rings is 1. The zero-order chi connectivity index (χ0) is 14.7. The van der Waals surface area contributed by atoms with Crippen molar-refractivity contribution in [1.82, 2.24) is 5.32 Å². The third-order valence-corrected chi connectivity index (χ3v) is 3.64. The molecule has 1 saturated carbocycles. The molecule has 0 radical (unpaired) electrons. The first-order valence-corrected chi connectivity index (χ1v) is 6.51. The molecular formula is C14H17FN2O3. The largest absolute Gasteiger partial charge is 0.481 e. The highest BCUT2D eigenvalue weighted by Crippen LogP contribution is 2.26. The van der Waals surface area contributed by atoms with E-state index in [1.54, 1.807) is 6.07 Å². The number of nitrogens with zero attached hydrogens (tertiary/aromatic N) is 1. The first-order chi connectivity index (χ1) is 9.49. The minimum Gasteiger partial charge on any atom is -0.481 e. The molecule has 0 aliphatic heterocycles. The monoisotopic (exact) mass is 280 g/mol. The van der Waals surface area contributed by atoms with Crippen LogP contribution in [0.4, 0.5) is 14.9 Å². The van der Waals surface area contributed by atoms with Crippen LogP contribution in [0.1, 0.15) is 19.3 Å². The number of nitrogens with one attached hydrogen (secondary N) is 1. The number of carbonyl (C=O) groups excluding carboxylic acids is 1. The molecule has 0 saturated heterocycles. The maximum Gasteiger partial charge on any atom is 0.321 e. The van der Waals surface area contributed by atoms with Crippen molar-refractivity contribution in [3.05, 3.63) is 30.1 Å². The lowest BCUT2D eigenvalue weighted by Gasteiger charge is -2.23. The molecule has 0 spiro atoms. The predicted molar refractivity (Wildman–Crippen MR) is 72.1 cm³/mol. The molecule has 2 unspecified atom stereocenters. The van der Waals surface area contributed by atoms with Gasteiger partial charge in [-0.15, -0.1) is 0 Å². The number of amides is 2. The summed E-state index contributed by atoms with van der Waals surface area (Å²) in [7, 11) is 1.52. The Kier molecular flexibility index (Phi) is 4.22. The van der Waals surface area contributed by atoms with Crippen molar-refractivity contribution in [3.63, 3.8) is 0 Å². The molecule has 5 nitrogen and oxygen atoms in total. The van der Waals surface area contributed by atoms with Crippen LogP contribution in [-0.4, -0.2) is 30.2 Å². The van der Waals surface area contributed by atoms with Crippen LogP contribution >= 0.6 is 0 Å². The van der Waals surface area contributed by atoms with Crippen molar-refractivity contribution in [2.75, 3.05) is 11.9 Å². The fourth-order valence-electron chi connectivity index (χ4n) is 2.49. The third kappa shape index (κ3) is 3.07. The standard InChI is InChI=1S/C14H17FN2O3/c1-17(10-5-2-4-9(15)8-10)14(20)16-12-7-3-6-11(12)13(18)19/h2,4-5,8,11-12H,3,6-7H2,1H3,(H,16,20)(H,18,19). The van der Waals surface area contributed by atoms with Crippen LogP contribution in [0.5, 0.6) is 0 Å². The summed E-state index contributed by atoms with van der Waals surface area (Å²) in [5.41, 5.74) is 0.423. The summed E-state index contributed by atoms with van der Waals surface area (Å²) in [5, 5.41) is 11.8. The molecule has 2 amide bonds. The second-order valence-electron chi connectivity index (χ2n) is 4.97. The van der Waals surface area contributed by atoms with E-state index in [1.807, 2.05) is 0 Å². The smallest absolute Gasteiger partial charge is 0.321 e. The third-order valence-electron chi connectivity index (χ3n) is 3.64. The molecule has 2 N–H and O–H groups in total. The van der Waals surface area contributed by atoms with Gasteiger partial charge in [-0.05, 0) is 31.0 Å². The van der Waals surface area contributed by atoms with Crippen molar-refractivity contribution in [3.8, 4) is 0 Å². The topological polar surface area (TPSA) is 69.6 Å². The molecule has 1 fully saturated rings. The molecule has 1 aromatic rings. The molecule has 2 rings (SSSR count). The van der Waals surface area contributed by atoms with Gasteiger partial charge in [0, 0.05) is 18.8 Å². The first-order valence-electron chi connectivity index (χ1n) is 6.51. The Morgan fingerprint density at radius 3 is 2.80 bits per heavy atom. The van der Waals surface area contributed by atoms with Gasteiger partial charge in [0.25, 0.3) is 0 Å². The second-order valence-corrected chi connectivity index (χ2v) is 4.97. The Morgan fingerprint density at radius 2 is 2.15 bits per heavy atom. The van der Waals surface area contributed by atoms with E-state index in [1.165, 1.54) is 30.1 Å². The molecule has 1 aliphatic rings. The van der Waals surface area contributed by atoms with Crippen molar-refractivity contribution < 1.29 is 19.1 Å². The normalized spacial score (nSPS) is 21.5. The van der Waals surface area contributed by atoms with E-state index in [9.17, 15) is 14.0 Å². The molecule has 1 aromatic carbocycles. The van der Waals surface area contributed by atoms with Gasteiger partial charge >= 0.3 is 12.0 Å². The Morgan fingerprint density at radius 1 is 1.40 bits per heavy atom. The minimum absolute atomic E-state index is 0.365. The maximum atomic E-state index is 13.1. The Hall–Kier alpha value is -2.11. The summed E-state index contributed by atoms with van der Waals surface area (Å²) in [6.45, 7) is 0. The van der Waals surface area contributed by atoms with Crippen LogP contribution in [0.15, 0.2) is 24.3 Å². The van der Waals surface area contributed by atoms with Gasteiger partial charge in [0.1, 0.15) is 5.82 Å². The SMILES string of the molecule is CN(C(=O)NC1CCCC1C(=O)O)c1cccc(F)c1. The highest BCUT2D eigenvalue weighted by Gasteiger charge is 2.34. The van der Waals surface area contributed by atoms with Gasteiger partial charge in [-0.3, -0.25) is 9.69 Å². The van der Waals surface area contributed by atoms with Crippen LogP contribution in [0, 0.1) is 11.7 Å². The number of rotatable bonds is 3. The molecule has 6 heteroatoms. The number of carboxylic acid groups (broad SMARTS) is 1. The van der Waals surface area contributed by atoms with Crippen molar-refractivity contribution >= 4 is 17.7 Å². The van der Waals surface area contributed by atoms with Crippen LogP contribution in [0.2, 0.25) is 0 Å². The fourth-order valence-corrected chi connectivity index (χ4v) is 2.49. The molecule has 108 valence electrons. The fraction of sp³-hybridized carbons (Fsp3) is 0.429. The maximum absolute atomic E-state index is 13.1. The van der Waals surface area contributed by atoms with E-state index >= 15 is 0 Å². The lowest BCUT2D eigenvalue weighted by molar-refractivity contribution is -0.142. The van der Waals surface area contributed by atoms with E-state index in [2.05, 4.69) is 5.32 Å². The van der Waals surface area contributed by atoms with Crippen molar-refractivity contribution in [2.45, 2.75) is 25.3 Å². The Labute approximate surface area is 116 Å². The van der Waals surface area contributed by atoms with E-state index in [4.69, 9.17) is 5.11 Å². The van der Waals surface area contributed by atoms with Crippen molar-refractivity contribution in [1.29, 1.82) is 0 Å². The lowest BCUT2D eigenvalue weighted by Crippen LogP contribution is -2.46. The van der Waals surface area contributed by atoms with Crippen LogP contribution in [-0.2, 0) is 4.79 Å². The second kappa shape index (κ2) is 5.90. The molecule has 2 atom stereocenters. The van der Waals surface area contributed by atoms with E-state index in [-0.39, 0.29) is 6.04 Å². The number of carboxylic acids is 1. The highest BCUT2D eigenvalue weighted by atomic mass is 19.1. The van der Waals surface area contributed by atoms with Gasteiger partial charge in [-0.1, -0.05) is 12.5 Å². The number of urea groups is 1. The van der Waals surface area contributed by atoms with Gasteiger partial charge in [-0.2, -0.15) is 0 Å². The predicted octanol–water partition coefficient (Wildman–Crippen LogP) is 2.22. The molecule has 0 heterocycles. The lowest BCUT2D eigenvalue weighted by atomic mass is 10.0.